The zero-order chi connectivity index (χ0) is 11.8. The number of rotatable bonds is 4. The summed E-state index contributed by atoms with van der Waals surface area (Å²) in [7, 11) is 0. The lowest BCUT2D eigenvalue weighted by molar-refractivity contribution is 0.173. The highest BCUT2D eigenvalue weighted by Gasteiger charge is 2.33. The Labute approximate surface area is 94.5 Å². The first-order valence-corrected chi connectivity index (χ1v) is 5.45. The van der Waals surface area contributed by atoms with Crippen molar-refractivity contribution in [3.63, 3.8) is 0 Å². The summed E-state index contributed by atoms with van der Waals surface area (Å²) in [5.41, 5.74) is 0.0802. The summed E-state index contributed by atoms with van der Waals surface area (Å²) in [6.45, 7) is 1.78. The molecule has 2 rings (SSSR count). The first kappa shape index (κ1) is 11.2. The molecule has 0 amide bonds. The van der Waals surface area contributed by atoms with Gasteiger partial charge in [-0.25, -0.2) is 0 Å². The Morgan fingerprint density at radius 3 is 2.25 bits per heavy atom. The van der Waals surface area contributed by atoms with E-state index in [0.29, 0.717) is 11.6 Å². The van der Waals surface area contributed by atoms with Crippen molar-refractivity contribution in [2.75, 3.05) is 6.61 Å². The van der Waals surface area contributed by atoms with Crippen LogP contribution < -0.4 is 5.32 Å². The maximum Gasteiger partial charge on any atom is 0.119 e. The van der Waals surface area contributed by atoms with Gasteiger partial charge in [0.1, 0.15) is 11.5 Å². The maximum absolute atomic E-state index is 9.47. The number of aliphatic hydroxyl groups is 1. The van der Waals surface area contributed by atoms with Gasteiger partial charge in [0.2, 0.25) is 0 Å². The van der Waals surface area contributed by atoms with Crippen LogP contribution in [0.1, 0.15) is 25.3 Å². The molecule has 1 aromatic carbocycles. The predicted octanol–water partition coefficient (Wildman–Crippen LogP) is 1.06. The van der Waals surface area contributed by atoms with Crippen molar-refractivity contribution in [1.82, 2.24) is 5.32 Å². The van der Waals surface area contributed by atoms with Gasteiger partial charge in [0.15, 0.2) is 0 Å². The van der Waals surface area contributed by atoms with Crippen LogP contribution in [-0.4, -0.2) is 28.0 Å². The van der Waals surface area contributed by atoms with E-state index in [2.05, 4.69) is 5.32 Å². The largest absolute Gasteiger partial charge is 0.508 e. The predicted molar refractivity (Wildman–Crippen MR) is 60.4 cm³/mol. The van der Waals surface area contributed by atoms with Gasteiger partial charge in [-0.05, 0) is 37.5 Å². The maximum atomic E-state index is 9.47. The summed E-state index contributed by atoms with van der Waals surface area (Å²) in [5, 5.41) is 31.7. The number of hydrogen-bond donors (Lipinski definition) is 4. The van der Waals surface area contributed by atoms with Crippen molar-refractivity contribution in [3.8, 4) is 11.5 Å². The minimum atomic E-state index is -0.614. The molecule has 4 heteroatoms. The fraction of sp³-hybridized carbons (Fsp3) is 0.500. The number of hydrogen-bond acceptors (Lipinski definition) is 4. The Hall–Kier alpha value is -1.26. The van der Waals surface area contributed by atoms with E-state index in [9.17, 15) is 15.3 Å². The highest BCUT2D eigenvalue weighted by molar-refractivity contribution is 5.40. The molecule has 1 unspecified atom stereocenters. The van der Waals surface area contributed by atoms with E-state index in [0.717, 1.165) is 12.8 Å². The van der Waals surface area contributed by atoms with E-state index in [1.807, 2.05) is 6.92 Å². The third-order valence-electron chi connectivity index (χ3n) is 2.96. The number of phenolic OH excluding ortho intramolecular Hbond substituents is 2. The fourth-order valence-electron chi connectivity index (χ4n) is 1.81. The molecule has 1 atom stereocenters. The van der Waals surface area contributed by atoms with Gasteiger partial charge in [0, 0.05) is 12.1 Å². The van der Waals surface area contributed by atoms with E-state index < -0.39 is 5.54 Å². The zero-order valence-corrected chi connectivity index (χ0v) is 9.27. The molecule has 4 N–H and O–H groups in total. The first-order chi connectivity index (χ1) is 7.53. The van der Waals surface area contributed by atoms with Gasteiger partial charge in [0.05, 0.1) is 12.1 Å². The van der Waals surface area contributed by atoms with E-state index >= 15 is 0 Å². The topological polar surface area (TPSA) is 72.7 Å². The number of nitrogens with one attached hydrogen (secondary N) is 1. The van der Waals surface area contributed by atoms with Gasteiger partial charge in [-0.2, -0.15) is 0 Å². The SMILES string of the molecule is CC(CO)(NC1CC1)c1cc(O)cc(O)c1. The first-order valence-electron chi connectivity index (χ1n) is 5.45. The van der Waals surface area contributed by atoms with Crippen molar-refractivity contribution < 1.29 is 15.3 Å². The van der Waals surface area contributed by atoms with Crippen LogP contribution in [0, 0.1) is 0 Å². The fourth-order valence-corrected chi connectivity index (χ4v) is 1.81. The third kappa shape index (κ3) is 2.28. The monoisotopic (exact) mass is 223 g/mol. The highest BCUT2D eigenvalue weighted by Crippen LogP contribution is 2.32. The Kier molecular flexibility index (Phi) is 2.78. The second-order valence-corrected chi connectivity index (χ2v) is 4.65. The van der Waals surface area contributed by atoms with E-state index in [1.54, 1.807) is 12.1 Å². The summed E-state index contributed by atoms with van der Waals surface area (Å²) in [4.78, 5) is 0. The average Bonchev–Trinajstić information content (AvgIpc) is 3.00. The molecule has 0 saturated heterocycles. The summed E-state index contributed by atoms with van der Waals surface area (Å²) in [6, 6.07) is 4.83. The van der Waals surface area contributed by atoms with Crippen molar-refractivity contribution >= 4 is 0 Å². The molecule has 0 bridgehead atoms. The van der Waals surface area contributed by atoms with Gasteiger partial charge >= 0.3 is 0 Å². The lowest BCUT2D eigenvalue weighted by Gasteiger charge is -2.29. The molecule has 1 aliphatic carbocycles. The van der Waals surface area contributed by atoms with Gasteiger partial charge in [-0.3, -0.25) is 0 Å². The molecule has 0 aromatic heterocycles. The van der Waals surface area contributed by atoms with Crippen LogP contribution in [0.3, 0.4) is 0 Å². The van der Waals surface area contributed by atoms with Crippen molar-refractivity contribution in [2.45, 2.75) is 31.3 Å². The number of phenols is 2. The molecule has 4 nitrogen and oxygen atoms in total. The smallest absolute Gasteiger partial charge is 0.119 e. The van der Waals surface area contributed by atoms with Crippen LogP contribution in [0.4, 0.5) is 0 Å². The lowest BCUT2D eigenvalue weighted by atomic mass is 9.92. The average molecular weight is 223 g/mol. The Bertz CT molecular complexity index is 370. The Balaban J connectivity index is 2.30. The minimum Gasteiger partial charge on any atom is -0.508 e. The molecule has 1 aromatic rings. The standard InChI is InChI=1S/C12H17NO3/c1-12(7-14,13-9-2-3-9)8-4-10(15)6-11(16)5-8/h4-6,9,13-16H,2-3,7H2,1H3. The van der Waals surface area contributed by atoms with E-state index in [4.69, 9.17) is 0 Å². The van der Waals surface area contributed by atoms with Crippen LogP contribution in [-0.2, 0) is 5.54 Å². The molecule has 0 aliphatic heterocycles. The molecular weight excluding hydrogens is 206 g/mol. The molecule has 16 heavy (non-hydrogen) atoms. The molecule has 0 heterocycles. The minimum absolute atomic E-state index is 0.00673. The van der Waals surface area contributed by atoms with Crippen molar-refractivity contribution in [3.05, 3.63) is 23.8 Å². The lowest BCUT2D eigenvalue weighted by Crippen LogP contribution is -2.44. The van der Waals surface area contributed by atoms with Crippen LogP contribution in [0.25, 0.3) is 0 Å². The molecule has 1 saturated carbocycles. The van der Waals surface area contributed by atoms with Crippen molar-refractivity contribution in [2.24, 2.45) is 0 Å². The molecule has 88 valence electrons. The third-order valence-corrected chi connectivity index (χ3v) is 2.96. The molecule has 0 radical (unpaired) electrons. The number of aliphatic hydroxyl groups excluding tert-OH is 1. The summed E-state index contributed by atoms with van der Waals surface area (Å²) < 4.78 is 0. The molecule has 1 aliphatic rings. The summed E-state index contributed by atoms with van der Waals surface area (Å²) >= 11 is 0. The van der Waals surface area contributed by atoms with Crippen molar-refractivity contribution in [1.29, 1.82) is 0 Å². The van der Waals surface area contributed by atoms with Gasteiger partial charge in [-0.15, -0.1) is 0 Å². The highest BCUT2D eigenvalue weighted by atomic mass is 16.3. The number of aromatic hydroxyl groups is 2. The summed E-state index contributed by atoms with van der Waals surface area (Å²) in [6.07, 6.45) is 2.22. The zero-order valence-electron chi connectivity index (χ0n) is 9.27. The second-order valence-electron chi connectivity index (χ2n) is 4.65. The number of benzene rings is 1. The van der Waals surface area contributed by atoms with Crippen LogP contribution >= 0.6 is 0 Å². The van der Waals surface area contributed by atoms with Crippen LogP contribution in [0.2, 0.25) is 0 Å². The molecular formula is C12H17NO3. The van der Waals surface area contributed by atoms with Gasteiger partial charge in [0.25, 0.3) is 0 Å². The van der Waals surface area contributed by atoms with Crippen LogP contribution in [0.15, 0.2) is 18.2 Å². The van der Waals surface area contributed by atoms with Gasteiger partial charge in [-0.1, -0.05) is 0 Å². The quantitative estimate of drug-likeness (QED) is 0.616. The second kappa shape index (κ2) is 3.96. The van der Waals surface area contributed by atoms with Crippen LogP contribution in [0.5, 0.6) is 11.5 Å². The van der Waals surface area contributed by atoms with Gasteiger partial charge < -0.3 is 20.6 Å². The normalized spacial score (nSPS) is 19.4. The Morgan fingerprint density at radius 2 is 1.81 bits per heavy atom. The van der Waals surface area contributed by atoms with E-state index in [-0.39, 0.29) is 18.1 Å². The Morgan fingerprint density at radius 1 is 1.25 bits per heavy atom. The van der Waals surface area contributed by atoms with E-state index in [1.165, 1.54) is 6.07 Å². The summed E-state index contributed by atoms with van der Waals surface area (Å²) in [5.74, 6) is 0.0135. The molecule has 0 spiro atoms. The molecule has 1 fully saturated rings.